The normalized spacial score (nSPS) is 19.7. The highest BCUT2D eigenvalue weighted by Crippen LogP contribution is 2.25. The van der Waals surface area contributed by atoms with E-state index in [1.54, 1.807) is 0 Å². The summed E-state index contributed by atoms with van der Waals surface area (Å²) >= 11 is 0. The van der Waals surface area contributed by atoms with Gasteiger partial charge in [-0.25, -0.2) is 0 Å². The molecule has 2 N–H and O–H groups in total. The maximum Gasteiger partial charge on any atom is 0.417 e. The molecule has 96 valence electrons. The molecule has 1 atom stereocenters. The van der Waals surface area contributed by atoms with Crippen LogP contribution in [0.3, 0.4) is 0 Å². The Balaban J connectivity index is 1.91. The first-order valence-corrected chi connectivity index (χ1v) is 5.99. The predicted molar refractivity (Wildman–Crippen MR) is 60.6 cm³/mol. The van der Waals surface area contributed by atoms with Gasteiger partial charge in [-0.15, -0.1) is 0 Å². The van der Waals surface area contributed by atoms with E-state index in [9.17, 15) is 0 Å². The minimum absolute atomic E-state index is 0.155. The topological polar surface area (TPSA) is 83.4 Å². The van der Waals surface area contributed by atoms with Crippen LogP contribution in [0, 0.1) is 0 Å². The highest BCUT2D eigenvalue weighted by molar-refractivity contribution is 5.03. The third-order valence-corrected chi connectivity index (χ3v) is 2.86. The molecular weight excluding hydrogens is 222 g/mol. The average molecular weight is 241 g/mol. The number of hydrogen-bond acceptors (Lipinski definition) is 6. The van der Waals surface area contributed by atoms with E-state index in [1.165, 1.54) is 6.42 Å². The van der Waals surface area contributed by atoms with Gasteiger partial charge in [0.2, 0.25) is 0 Å². The van der Waals surface area contributed by atoms with Gasteiger partial charge in [-0.05, 0) is 33.1 Å². The summed E-state index contributed by atoms with van der Waals surface area (Å²) in [7, 11) is 0. The number of ether oxygens (including phenoxy) is 2. The molecule has 0 spiro atoms. The molecule has 0 aliphatic heterocycles. The smallest absolute Gasteiger partial charge is 0.417 e. The fraction of sp³-hybridized carbons (Fsp3) is 0.818. The van der Waals surface area contributed by atoms with E-state index in [0.717, 1.165) is 12.8 Å². The molecule has 1 aromatic rings. The highest BCUT2D eigenvalue weighted by Gasteiger charge is 2.30. The molecule has 0 bridgehead atoms. The number of rotatable bonds is 6. The second kappa shape index (κ2) is 5.01. The van der Waals surface area contributed by atoms with Gasteiger partial charge in [0.25, 0.3) is 0 Å². The first-order valence-electron chi connectivity index (χ1n) is 5.99. The number of nitrogens with zero attached hydrogens (tertiary/aromatic N) is 2. The van der Waals surface area contributed by atoms with Crippen molar-refractivity contribution in [2.45, 2.75) is 44.8 Å². The predicted octanol–water partition coefficient (Wildman–Crippen LogP) is 1.21. The Labute approximate surface area is 100 Å². The molecule has 1 unspecified atom stereocenters. The summed E-state index contributed by atoms with van der Waals surface area (Å²) < 4.78 is 15.7. The molecule has 0 aromatic carbocycles. The summed E-state index contributed by atoms with van der Waals surface area (Å²) in [5, 5.41) is 3.81. The Morgan fingerprint density at radius 3 is 2.88 bits per heavy atom. The molecule has 1 aromatic heterocycles. The lowest BCUT2D eigenvalue weighted by Gasteiger charge is -2.29. The van der Waals surface area contributed by atoms with E-state index in [2.05, 4.69) is 10.1 Å². The summed E-state index contributed by atoms with van der Waals surface area (Å²) in [5.41, 5.74) is 5.37. The summed E-state index contributed by atoms with van der Waals surface area (Å²) in [6.45, 7) is 4.56. The van der Waals surface area contributed by atoms with Gasteiger partial charge < -0.3 is 15.2 Å². The van der Waals surface area contributed by atoms with Crippen LogP contribution in [0.15, 0.2) is 4.52 Å². The van der Waals surface area contributed by atoms with Crippen LogP contribution >= 0.6 is 0 Å². The van der Waals surface area contributed by atoms with Crippen LogP contribution in [-0.4, -0.2) is 29.5 Å². The molecule has 0 saturated heterocycles. The maximum absolute atomic E-state index is 6.11. The summed E-state index contributed by atoms with van der Waals surface area (Å²) in [5.74, 6) is 0.417. The van der Waals surface area contributed by atoms with Crippen molar-refractivity contribution in [1.82, 2.24) is 10.1 Å². The molecule has 1 aliphatic carbocycles. The maximum atomic E-state index is 6.11. The van der Waals surface area contributed by atoms with Gasteiger partial charge in [-0.3, -0.25) is 4.52 Å². The zero-order valence-electron chi connectivity index (χ0n) is 10.3. The van der Waals surface area contributed by atoms with Gasteiger partial charge in [0, 0.05) is 0 Å². The lowest BCUT2D eigenvalue weighted by molar-refractivity contribution is -0.0222. The van der Waals surface area contributed by atoms with Crippen LogP contribution in [-0.2, 0) is 10.3 Å². The molecule has 0 radical (unpaired) electrons. The Morgan fingerprint density at radius 2 is 2.29 bits per heavy atom. The monoisotopic (exact) mass is 241 g/mol. The number of hydrogen-bond donors (Lipinski definition) is 1. The van der Waals surface area contributed by atoms with Crippen LogP contribution in [0.2, 0.25) is 0 Å². The summed E-state index contributed by atoms with van der Waals surface area (Å²) in [6, 6.07) is 0. The fourth-order valence-corrected chi connectivity index (χ4v) is 1.52. The minimum Gasteiger partial charge on any atom is -0.449 e. The zero-order chi connectivity index (χ0) is 12.3. The van der Waals surface area contributed by atoms with E-state index in [1.807, 2.05) is 13.8 Å². The average Bonchev–Trinajstić information content (AvgIpc) is 2.65. The molecule has 6 nitrogen and oxygen atoms in total. The Hall–Kier alpha value is -1.14. The SMILES string of the molecule is CCOc1nc(C(C)(N)COC2CCC2)no1. The molecule has 1 fully saturated rings. The quantitative estimate of drug-likeness (QED) is 0.806. The molecule has 1 heterocycles. The summed E-state index contributed by atoms with van der Waals surface area (Å²) in [4.78, 5) is 4.09. The van der Waals surface area contributed by atoms with Crippen molar-refractivity contribution in [3.8, 4) is 6.08 Å². The minimum atomic E-state index is -0.742. The van der Waals surface area contributed by atoms with Gasteiger partial charge >= 0.3 is 6.08 Å². The van der Waals surface area contributed by atoms with Crippen LogP contribution in [0.1, 0.15) is 38.9 Å². The molecular formula is C11H19N3O3. The molecule has 0 amide bonds. The summed E-state index contributed by atoms with van der Waals surface area (Å²) in [6.07, 6.45) is 3.97. The molecule has 1 saturated carbocycles. The van der Waals surface area contributed by atoms with Gasteiger partial charge in [0.1, 0.15) is 5.54 Å². The van der Waals surface area contributed by atoms with Crippen molar-refractivity contribution in [1.29, 1.82) is 0 Å². The van der Waals surface area contributed by atoms with Crippen molar-refractivity contribution in [3.05, 3.63) is 5.82 Å². The van der Waals surface area contributed by atoms with Gasteiger partial charge in [0.05, 0.1) is 19.3 Å². The third kappa shape index (κ3) is 2.95. The first-order chi connectivity index (χ1) is 8.12. The van der Waals surface area contributed by atoms with Crippen LogP contribution in [0.25, 0.3) is 0 Å². The second-order valence-corrected chi connectivity index (χ2v) is 4.60. The lowest BCUT2D eigenvalue weighted by atomic mass is 9.95. The molecule has 17 heavy (non-hydrogen) atoms. The largest absolute Gasteiger partial charge is 0.449 e. The fourth-order valence-electron chi connectivity index (χ4n) is 1.52. The standard InChI is InChI=1S/C11H19N3O3/c1-3-15-10-13-9(14-17-10)11(2,12)7-16-8-5-4-6-8/h8H,3-7,12H2,1-2H3. The Morgan fingerprint density at radius 1 is 1.53 bits per heavy atom. The number of aromatic nitrogens is 2. The third-order valence-electron chi connectivity index (χ3n) is 2.86. The van der Waals surface area contributed by atoms with Crippen molar-refractivity contribution in [3.63, 3.8) is 0 Å². The van der Waals surface area contributed by atoms with Crippen LogP contribution in [0.5, 0.6) is 6.08 Å². The van der Waals surface area contributed by atoms with Crippen LogP contribution in [0.4, 0.5) is 0 Å². The van der Waals surface area contributed by atoms with Gasteiger partial charge in [0.15, 0.2) is 5.82 Å². The molecule has 6 heteroatoms. The van der Waals surface area contributed by atoms with E-state index >= 15 is 0 Å². The van der Waals surface area contributed by atoms with E-state index < -0.39 is 5.54 Å². The highest BCUT2D eigenvalue weighted by atomic mass is 16.6. The molecule has 2 rings (SSSR count). The van der Waals surface area contributed by atoms with Gasteiger partial charge in [-0.2, -0.15) is 4.98 Å². The van der Waals surface area contributed by atoms with Crippen molar-refractivity contribution in [2.75, 3.05) is 13.2 Å². The van der Waals surface area contributed by atoms with Gasteiger partial charge in [-0.1, -0.05) is 5.16 Å². The first kappa shape index (κ1) is 12.3. The Bertz CT molecular complexity index is 361. The van der Waals surface area contributed by atoms with E-state index in [4.69, 9.17) is 19.7 Å². The van der Waals surface area contributed by atoms with Crippen molar-refractivity contribution in [2.24, 2.45) is 5.73 Å². The Kier molecular flexibility index (Phi) is 3.63. The van der Waals surface area contributed by atoms with E-state index in [0.29, 0.717) is 25.1 Å². The molecule has 1 aliphatic rings. The second-order valence-electron chi connectivity index (χ2n) is 4.60. The number of nitrogens with two attached hydrogens (primary N) is 1. The van der Waals surface area contributed by atoms with Crippen molar-refractivity contribution >= 4 is 0 Å². The van der Waals surface area contributed by atoms with E-state index in [-0.39, 0.29) is 6.08 Å². The van der Waals surface area contributed by atoms with Crippen molar-refractivity contribution < 1.29 is 14.0 Å². The lowest BCUT2D eigenvalue weighted by Crippen LogP contribution is -2.41. The zero-order valence-corrected chi connectivity index (χ0v) is 10.3. The van der Waals surface area contributed by atoms with Crippen LogP contribution < -0.4 is 10.5 Å².